The van der Waals surface area contributed by atoms with Crippen LogP contribution in [0, 0.1) is 0 Å². The molecule has 1 saturated carbocycles. The fourth-order valence-electron chi connectivity index (χ4n) is 2.80. The van der Waals surface area contributed by atoms with E-state index in [4.69, 9.17) is 9.47 Å². The summed E-state index contributed by atoms with van der Waals surface area (Å²) < 4.78 is 10.6. The predicted octanol–water partition coefficient (Wildman–Crippen LogP) is 4.29. The highest BCUT2D eigenvalue weighted by molar-refractivity contribution is 5.25. The van der Waals surface area contributed by atoms with Crippen LogP contribution < -0.4 is 0 Å². The minimum atomic E-state index is -0.110. The van der Waals surface area contributed by atoms with Crippen LogP contribution in [0.25, 0.3) is 0 Å². The topological polar surface area (TPSA) is 18.5 Å². The number of rotatable bonds is 6. The zero-order valence-corrected chi connectivity index (χ0v) is 12.2. The molecule has 1 fully saturated rings. The van der Waals surface area contributed by atoms with Gasteiger partial charge in [0, 0.05) is 7.11 Å². The minimum absolute atomic E-state index is 0.110. The van der Waals surface area contributed by atoms with Crippen molar-refractivity contribution >= 4 is 0 Å². The Morgan fingerprint density at radius 1 is 1.11 bits per heavy atom. The molecular formula is C17H26O2. The first kappa shape index (κ1) is 14.5. The SMILES string of the molecule is COC(C)OCCc1ccc(C2CCCCC2)cc1. The van der Waals surface area contributed by atoms with Crippen LogP contribution in [0.2, 0.25) is 0 Å². The van der Waals surface area contributed by atoms with Gasteiger partial charge in [-0.25, -0.2) is 0 Å². The second-order valence-electron chi connectivity index (χ2n) is 5.50. The number of methoxy groups -OCH3 is 1. The van der Waals surface area contributed by atoms with Gasteiger partial charge in [-0.15, -0.1) is 0 Å². The quantitative estimate of drug-likeness (QED) is 0.712. The zero-order valence-electron chi connectivity index (χ0n) is 12.2. The molecule has 1 atom stereocenters. The van der Waals surface area contributed by atoms with Crippen LogP contribution in [0.4, 0.5) is 0 Å². The van der Waals surface area contributed by atoms with Crippen LogP contribution in [0.3, 0.4) is 0 Å². The van der Waals surface area contributed by atoms with Gasteiger partial charge in [-0.05, 0) is 43.2 Å². The minimum Gasteiger partial charge on any atom is -0.356 e. The summed E-state index contributed by atoms with van der Waals surface area (Å²) in [6.07, 6.45) is 7.80. The molecule has 2 rings (SSSR count). The molecule has 1 aromatic rings. The van der Waals surface area contributed by atoms with Crippen LogP contribution in [-0.4, -0.2) is 20.0 Å². The van der Waals surface area contributed by atoms with Gasteiger partial charge in [-0.1, -0.05) is 43.5 Å². The molecule has 1 aliphatic carbocycles. The molecule has 1 aromatic carbocycles. The van der Waals surface area contributed by atoms with Gasteiger partial charge < -0.3 is 9.47 Å². The van der Waals surface area contributed by atoms with Crippen LogP contribution in [0.15, 0.2) is 24.3 Å². The number of hydrogen-bond donors (Lipinski definition) is 0. The molecule has 1 unspecified atom stereocenters. The number of ether oxygens (including phenoxy) is 2. The van der Waals surface area contributed by atoms with Crippen molar-refractivity contribution in [1.82, 2.24) is 0 Å². The molecule has 0 N–H and O–H groups in total. The summed E-state index contributed by atoms with van der Waals surface area (Å²) in [5.74, 6) is 0.799. The van der Waals surface area contributed by atoms with E-state index in [0.717, 1.165) is 18.9 Å². The second-order valence-corrected chi connectivity index (χ2v) is 5.50. The zero-order chi connectivity index (χ0) is 13.5. The molecule has 106 valence electrons. The molecule has 2 nitrogen and oxygen atoms in total. The predicted molar refractivity (Wildman–Crippen MR) is 78.4 cm³/mol. The van der Waals surface area contributed by atoms with Gasteiger partial charge >= 0.3 is 0 Å². The molecule has 0 aromatic heterocycles. The lowest BCUT2D eigenvalue weighted by atomic mass is 9.84. The maximum absolute atomic E-state index is 5.52. The van der Waals surface area contributed by atoms with Crippen molar-refractivity contribution in [3.8, 4) is 0 Å². The summed E-state index contributed by atoms with van der Waals surface area (Å²) in [5, 5.41) is 0. The first-order valence-corrected chi connectivity index (χ1v) is 7.53. The van der Waals surface area contributed by atoms with Gasteiger partial charge in [0.15, 0.2) is 6.29 Å². The lowest BCUT2D eigenvalue weighted by molar-refractivity contribution is -0.109. The maximum atomic E-state index is 5.52. The van der Waals surface area contributed by atoms with Gasteiger partial charge in [-0.2, -0.15) is 0 Å². The van der Waals surface area contributed by atoms with Crippen LogP contribution in [0.5, 0.6) is 0 Å². The van der Waals surface area contributed by atoms with E-state index in [-0.39, 0.29) is 6.29 Å². The molecule has 0 saturated heterocycles. The number of benzene rings is 1. The highest BCUT2D eigenvalue weighted by Crippen LogP contribution is 2.32. The van der Waals surface area contributed by atoms with Crippen molar-refractivity contribution in [2.75, 3.05) is 13.7 Å². The molecule has 0 heterocycles. The lowest BCUT2D eigenvalue weighted by Gasteiger charge is -2.22. The van der Waals surface area contributed by atoms with Gasteiger partial charge in [-0.3, -0.25) is 0 Å². The van der Waals surface area contributed by atoms with E-state index in [2.05, 4.69) is 24.3 Å². The maximum Gasteiger partial charge on any atom is 0.154 e. The van der Waals surface area contributed by atoms with Crippen LogP contribution in [0.1, 0.15) is 56.1 Å². The van der Waals surface area contributed by atoms with E-state index >= 15 is 0 Å². The molecule has 19 heavy (non-hydrogen) atoms. The Hall–Kier alpha value is -0.860. The lowest BCUT2D eigenvalue weighted by Crippen LogP contribution is -2.12. The summed E-state index contributed by atoms with van der Waals surface area (Å²) in [5.41, 5.74) is 2.87. The monoisotopic (exact) mass is 262 g/mol. The van der Waals surface area contributed by atoms with Crippen molar-refractivity contribution in [1.29, 1.82) is 0 Å². The Labute approximate surface area is 117 Å². The van der Waals surface area contributed by atoms with Crippen LogP contribution >= 0.6 is 0 Å². The van der Waals surface area contributed by atoms with E-state index in [1.165, 1.54) is 43.2 Å². The Balaban J connectivity index is 1.80. The summed E-state index contributed by atoms with van der Waals surface area (Å²) in [4.78, 5) is 0. The normalized spacial score (nSPS) is 18.4. The van der Waals surface area contributed by atoms with Gasteiger partial charge in [0.05, 0.1) is 6.61 Å². The highest BCUT2D eigenvalue weighted by Gasteiger charge is 2.14. The Kier molecular flexibility index (Phi) is 5.87. The average molecular weight is 262 g/mol. The molecule has 2 heteroatoms. The van der Waals surface area contributed by atoms with E-state index in [9.17, 15) is 0 Å². The third kappa shape index (κ3) is 4.63. The van der Waals surface area contributed by atoms with E-state index < -0.39 is 0 Å². The van der Waals surface area contributed by atoms with Crippen molar-refractivity contribution in [2.45, 2.75) is 57.7 Å². The standard InChI is InChI=1S/C17H26O2/c1-14(18-2)19-13-12-15-8-10-17(11-9-15)16-6-4-3-5-7-16/h8-11,14,16H,3-7,12-13H2,1-2H3. The van der Waals surface area contributed by atoms with Gasteiger partial charge in [0.1, 0.15) is 0 Å². The van der Waals surface area contributed by atoms with Gasteiger partial charge in [0.2, 0.25) is 0 Å². The first-order chi connectivity index (χ1) is 9.29. The third-order valence-electron chi connectivity index (χ3n) is 4.13. The first-order valence-electron chi connectivity index (χ1n) is 7.53. The smallest absolute Gasteiger partial charge is 0.154 e. The average Bonchev–Trinajstić information content (AvgIpc) is 2.48. The Bertz CT molecular complexity index is 352. The Morgan fingerprint density at radius 2 is 1.79 bits per heavy atom. The van der Waals surface area contributed by atoms with Crippen LogP contribution in [-0.2, 0) is 15.9 Å². The number of hydrogen-bond acceptors (Lipinski definition) is 2. The fraction of sp³-hybridized carbons (Fsp3) is 0.647. The fourth-order valence-corrected chi connectivity index (χ4v) is 2.80. The second kappa shape index (κ2) is 7.66. The molecule has 0 bridgehead atoms. The largest absolute Gasteiger partial charge is 0.356 e. The summed E-state index contributed by atoms with van der Waals surface area (Å²) in [6, 6.07) is 9.13. The molecule has 1 aliphatic rings. The van der Waals surface area contributed by atoms with Gasteiger partial charge in [0.25, 0.3) is 0 Å². The van der Waals surface area contributed by atoms with E-state index in [1.54, 1.807) is 7.11 Å². The summed E-state index contributed by atoms with van der Waals surface area (Å²) in [7, 11) is 1.67. The molecule has 0 amide bonds. The molecule has 0 aliphatic heterocycles. The molecule has 0 spiro atoms. The molecule has 0 radical (unpaired) electrons. The van der Waals surface area contributed by atoms with Crippen molar-refractivity contribution < 1.29 is 9.47 Å². The van der Waals surface area contributed by atoms with Crippen molar-refractivity contribution in [2.24, 2.45) is 0 Å². The molecular weight excluding hydrogens is 236 g/mol. The van der Waals surface area contributed by atoms with E-state index in [1.807, 2.05) is 6.92 Å². The summed E-state index contributed by atoms with van der Waals surface area (Å²) in [6.45, 7) is 2.64. The van der Waals surface area contributed by atoms with Crippen molar-refractivity contribution in [3.05, 3.63) is 35.4 Å². The van der Waals surface area contributed by atoms with E-state index in [0.29, 0.717) is 0 Å². The summed E-state index contributed by atoms with van der Waals surface area (Å²) >= 11 is 0. The van der Waals surface area contributed by atoms with Crippen molar-refractivity contribution in [3.63, 3.8) is 0 Å². The third-order valence-corrected chi connectivity index (χ3v) is 4.13. The highest BCUT2D eigenvalue weighted by atomic mass is 16.7. The Morgan fingerprint density at radius 3 is 2.42 bits per heavy atom.